The predicted molar refractivity (Wildman–Crippen MR) is 83.3 cm³/mol. The van der Waals surface area contributed by atoms with Gasteiger partial charge in [0.15, 0.2) is 0 Å². The molecule has 0 saturated heterocycles. The standard InChI is InChI=1S/C17H16Cl2/c1-11-9-15(18)17(16(19)10-11)14-8-4-6-12-5-2-3-7-13(12)14/h4,6,8-10H,2-3,5,7H2,1H3. The minimum Gasteiger partial charge on any atom is -0.0836 e. The third-order valence-electron chi connectivity index (χ3n) is 3.85. The molecule has 0 amide bonds. The molecule has 0 fully saturated rings. The van der Waals surface area contributed by atoms with Crippen LogP contribution < -0.4 is 0 Å². The van der Waals surface area contributed by atoms with E-state index in [-0.39, 0.29) is 0 Å². The Morgan fingerprint density at radius 3 is 2.37 bits per heavy atom. The molecule has 0 unspecified atom stereocenters. The second kappa shape index (κ2) is 5.19. The summed E-state index contributed by atoms with van der Waals surface area (Å²) in [5.41, 5.74) is 6.20. The van der Waals surface area contributed by atoms with Gasteiger partial charge < -0.3 is 0 Å². The Morgan fingerprint density at radius 1 is 0.947 bits per heavy atom. The van der Waals surface area contributed by atoms with Crippen molar-refractivity contribution in [2.45, 2.75) is 32.6 Å². The first-order valence-electron chi connectivity index (χ1n) is 6.73. The van der Waals surface area contributed by atoms with Crippen LogP contribution >= 0.6 is 23.2 Å². The van der Waals surface area contributed by atoms with E-state index in [0.717, 1.165) is 27.6 Å². The molecule has 0 atom stereocenters. The number of hydrogen-bond acceptors (Lipinski definition) is 0. The molecule has 0 spiro atoms. The van der Waals surface area contributed by atoms with Crippen molar-refractivity contribution < 1.29 is 0 Å². The fourth-order valence-corrected chi connectivity index (χ4v) is 3.77. The van der Waals surface area contributed by atoms with E-state index in [9.17, 15) is 0 Å². The normalized spacial score (nSPS) is 14.3. The number of fused-ring (bicyclic) bond motifs is 1. The minimum atomic E-state index is 0.754. The number of benzene rings is 2. The molecule has 2 aromatic carbocycles. The summed E-state index contributed by atoms with van der Waals surface area (Å²) in [6.07, 6.45) is 4.84. The molecule has 0 aliphatic heterocycles. The first-order chi connectivity index (χ1) is 9.16. The lowest BCUT2D eigenvalue weighted by molar-refractivity contribution is 0.687. The monoisotopic (exact) mass is 290 g/mol. The zero-order chi connectivity index (χ0) is 13.4. The molecule has 0 bridgehead atoms. The molecule has 0 heterocycles. The summed E-state index contributed by atoms with van der Waals surface area (Å²) in [6, 6.07) is 10.5. The molecule has 2 aromatic rings. The predicted octanol–water partition coefficient (Wildman–Crippen LogP) is 5.85. The lowest BCUT2D eigenvalue weighted by Gasteiger charge is -2.20. The summed E-state index contributed by atoms with van der Waals surface area (Å²) in [6.45, 7) is 2.02. The molecule has 1 aliphatic carbocycles. The zero-order valence-electron chi connectivity index (χ0n) is 11.0. The van der Waals surface area contributed by atoms with E-state index in [1.165, 1.54) is 36.0 Å². The lowest BCUT2D eigenvalue weighted by atomic mass is 9.86. The van der Waals surface area contributed by atoms with E-state index in [4.69, 9.17) is 23.2 Å². The molecule has 2 heteroatoms. The number of aryl methyl sites for hydroxylation is 2. The number of hydrogen-bond donors (Lipinski definition) is 0. The van der Waals surface area contributed by atoms with Crippen LogP contribution in [0.25, 0.3) is 11.1 Å². The van der Waals surface area contributed by atoms with Crippen LogP contribution in [0.15, 0.2) is 30.3 Å². The van der Waals surface area contributed by atoms with Crippen LogP contribution in [0.3, 0.4) is 0 Å². The second-order valence-electron chi connectivity index (χ2n) is 5.25. The van der Waals surface area contributed by atoms with E-state index in [1.54, 1.807) is 0 Å². The van der Waals surface area contributed by atoms with Gasteiger partial charge in [-0.2, -0.15) is 0 Å². The van der Waals surface area contributed by atoms with Crippen molar-refractivity contribution in [3.63, 3.8) is 0 Å². The van der Waals surface area contributed by atoms with Gasteiger partial charge in [-0.15, -0.1) is 0 Å². The molecule has 19 heavy (non-hydrogen) atoms. The molecular formula is C17H16Cl2. The van der Waals surface area contributed by atoms with Gasteiger partial charge in [0.2, 0.25) is 0 Å². The SMILES string of the molecule is Cc1cc(Cl)c(-c2cccc3c2CCCC3)c(Cl)c1. The van der Waals surface area contributed by atoms with Crippen LogP contribution in [0.4, 0.5) is 0 Å². The van der Waals surface area contributed by atoms with Gasteiger partial charge >= 0.3 is 0 Å². The summed E-state index contributed by atoms with van der Waals surface area (Å²) in [5, 5.41) is 1.51. The van der Waals surface area contributed by atoms with Crippen molar-refractivity contribution in [2.75, 3.05) is 0 Å². The first kappa shape index (κ1) is 13.0. The van der Waals surface area contributed by atoms with Crippen LogP contribution in [0.5, 0.6) is 0 Å². The summed E-state index contributed by atoms with van der Waals surface area (Å²) >= 11 is 12.9. The Bertz CT molecular complexity index is 606. The molecule has 3 rings (SSSR count). The van der Waals surface area contributed by atoms with Crippen LogP contribution in [-0.4, -0.2) is 0 Å². The van der Waals surface area contributed by atoms with Crippen molar-refractivity contribution in [3.05, 3.63) is 57.1 Å². The van der Waals surface area contributed by atoms with Gasteiger partial charge in [-0.25, -0.2) is 0 Å². The topological polar surface area (TPSA) is 0 Å². The molecule has 0 nitrogen and oxygen atoms in total. The molecular weight excluding hydrogens is 275 g/mol. The molecule has 1 aliphatic rings. The van der Waals surface area contributed by atoms with E-state index in [2.05, 4.69) is 18.2 Å². The van der Waals surface area contributed by atoms with Gasteiger partial charge in [-0.3, -0.25) is 0 Å². The van der Waals surface area contributed by atoms with Gasteiger partial charge in [0.25, 0.3) is 0 Å². The summed E-state index contributed by atoms with van der Waals surface area (Å²) in [4.78, 5) is 0. The van der Waals surface area contributed by atoms with E-state index in [0.29, 0.717) is 0 Å². The summed E-state index contributed by atoms with van der Waals surface area (Å²) in [5.74, 6) is 0. The highest BCUT2D eigenvalue weighted by Gasteiger charge is 2.17. The Labute approximate surface area is 124 Å². The summed E-state index contributed by atoms with van der Waals surface area (Å²) in [7, 11) is 0. The highest BCUT2D eigenvalue weighted by atomic mass is 35.5. The fraction of sp³-hybridized carbons (Fsp3) is 0.294. The van der Waals surface area contributed by atoms with Crippen LogP contribution in [0.2, 0.25) is 10.0 Å². The average molecular weight is 291 g/mol. The average Bonchev–Trinajstić information content (AvgIpc) is 2.38. The van der Waals surface area contributed by atoms with E-state index < -0.39 is 0 Å². The van der Waals surface area contributed by atoms with Crippen molar-refractivity contribution in [3.8, 4) is 11.1 Å². The van der Waals surface area contributed by atoms with E-state index >= 15 is 0 Å². The van der Waals surface area contributed by atoms with Crippen molar-refractivity contribution in [2.24, 2.45) is 0 Å². The third kappa shape index (κ3) is 2.40. The Morgan fingerprint density at radius 2 is 1.63 bits per heavy atom. The number of rotatable bonds is 1. The quantitative estimate of drug-likeness (QED) is 0.618. The smallest absolute Gasteiger partial charge is 0.0502 e. The largest absolute Gasteiger partial charge is 0.0836 e. The Kier molecular flexibility index (Phi) is 3.56. The van der Waals surface area contributed by atoms with E-state index in [1.807, 2.05) is 19.1 Å². The highest BCUT2D eigenvalue weighted by molar-refractivity contribution is 6.39. The molecule has 0 radical (unpaired) electrons. The molecule has 0 saturated carbocycles. The second-order valence-corrected chi connectivity index (χ2v) is 6.07. The molecule has 0 aromatic heterocycles. The van der Waals surface area contributed by atoms with Gasteiger partial charge in [-0.05, 0) is 67.0 Å². The van der Waals surface area contributed by atoms with Gasteiger partial charge in [0.1, 0.15) is 0 Å². The maximum absolute atomic E-state index is 6.43. The minimum absolute atomic E-state index is 0.754. The zero-order valence-corrected chi connectivity index (χ0v) is 12.5. The third-order valence-corrected chi connectivity index (χ3v) is 4.45. The number of halogens is 2. The van der Waals surface area contributed by atoms with Crippen LogP contribution in [0, 0.1) is 6.92 Å². The maximum Gasteiger partial charge on any atom is 0.0502 e. The Balaban J connectivity index is 2.23. The molecule has 0 N–H and O–H groups in total. The Hall–Kier alpha value is -0.980. The van der Waals surface area contributed by atoms with Crippen molar-refractivity contribution >= 4 is 23.2 Å². The molecule has 98 valence electrons. The van der Waals surface area contributed by atoms with Crippen molar-refractivity contribution in [1.82, 2.24) is 0 Å². The fourth-order valence-electron chi connectivity index (χ4n) is 2.97. The van der Waals surface area contributed by atoms with Gasteiger partial charge in [0, 0.05) is 5.56 Å². The highest BCUT2D eigenvalue weighted by Crippen LogP contribution is 2.40. The first-order valence-corrected chi connectivity index (χ1v) is 7.49. The summed E-state index contributed by atoms with van der Waals surface area (Å²) < 4.78 is 0. The van der Waals surface area contributed by atoms with Gasteiger partial charge in [0.05, 0.1) is 10.0 Å². The van der Waals surface area contributed by atoms with Crippen LogP contribution in [0.1, 0.15) is 29.5 Å². The lowest BCUT2D eigenvalue weighted by Crippen LogP contribution is -2.04. The van der Waals surface area contributed by atoms with Crippen LogP contribution in [-0.2, 0) is 12.8 Å². The van der Waals surface area contributed by atoms with Crippen molar-refractivity contribution in [1.29, 1.82) is 0 Å². The van der Waals surface area contributed by atoms with Gasteiger partial charge in [-0.1, -0.05) is 41.4 Å². The maximum atomic E-state index is 6.43.